The minimum Gasteiger partial charge on any atom is -0.486 e. The molecule has 102 valence electrons. The van der Waals surface area contributed by atoms with Gasteiger partial charge in [-0.15, -0.1) is 0 Å². The Hall–Kier alpha value is -2.35. The van der Waals surface area contributed by atoms with Crippen molar-refractivity contribution in [1.82, 2.24) is 0 Å². The number of nitrogens with one attached hydrogen (secondary N) is 1. The molecular weight excluding hydrogens is 256 g/mol. The molecule has 0 fully saturated rings. The summed E-state index contributed by atoms with van der Waals surface area (Å²) in [6.45, 7) is 0.501. The highest BCUT2D eigenvalue weighted by atomic mass is 16.6. The van der Waals surface area contributed by atoms with Gasteiger partial charge < -0.3 is 19.5 Å². The van der Waals surface area contributed by atoms with Crippen LogP contribution in [-0.2, 0) is 9.53 Å². The van der Waals surface area contributed by atoms with Gasteiger partial charge in [0.25, 0.3) is 11.6 Å². The first-order valence-electron chi connectivity index (χ1n) is 5.48. The molecular formula is C11H12N2O6. The number of anilines is 1. The lowest BCUT2D eigenvalue weighted by Crippen LogP contribution is -2.19. The molecule has 0 spiro atoms. The summed E-state index contributed by atoms with van der Waals surface area (Å²) in [4.78, 5) is 21.8. The van der Waals surface area contributed by atoms with E-state index in [4.69, 9.17) is 9.47 Å². The van der Waals surface area contributed by atoms with Gasteiger partial charge in [0.05, 0.1) is 11.0 Å². The van der Waals surface area contributed by atoms with E-state index >= 15 is 0 Å². The van der Waals surface area contributed by atoms with Gasteiger partial charge in [-0.05, 0) is 0 Å². The number of amides is 1. The first-order chi connectivity index (χ1) is 9.11. The largest absolute Gasteiger partial charge is 0.486 e. The molecule has 1 aliphatic heterocycles. The van der Waals surface area contributed by atoms with Gasteiger partial charge in [-0.25, -0.2) is 0 Å². The zero-order chi connectivity index (χ0) is 13.8. The highest BCUT2D eigenvalue weighted by Crippen LogP contribution is 2.39. The Morgan fingerprint density at radius 2 is 2.05 bits per heavy atom. The Labute approximate surface area is 108 Å². The fourth-order valence-corrected chi connectivity index (χ4v) is 1.65. The quantitative estimate of drug-likeness (QED) is 0.644. The van der Waals surface area contributed by atoms with Crippen molar-refractivity contribution in [3.63, 3.8) is 0 Å². The van der Waals surface area contributed by atoms with Gasteiger partial charge in [-0.1, -0.05) is 0 Å². The fraction of sp³-hybridized carbons (Fsp3) is 0.364. The molecule has 0 saturated carbocycles. The molecule has 0 atom stereocenters. The van der Waals surface area contributed by atoms with Crippen molar-refractivity contribution in [1.29, 1.82) is 0 Å². The lowest BCUT2D eigenvalue weighted by Gasteiger charge is -2.19. The number of hydrogen-bond donors (Lipinski definition) is 1. The predicted molar refractivity (Wildman–Crippen MR) is 64.6 cm³/mol. The number of hydrogen-bond acceptors (Lipinski definition) is 6. The number of ether oxygens (including phenoxy) is 3. The zero-order valence-corrected chi connectivity index (χ0v) is 10.2. The van der Waals surface area contributed by atoms with E-state index in [1.807, 2.05) is 0 Å². The molecule has 1 N–H and O–H groups in total. The van der Waals surface area contributed by atoms with Crippen molar-refractivity contribution in [2.24, 2.45) is 0 Å². The highest BCUT2D eigenvalue weighted by Gasteiger charge is 2.23. The number of rotatable bonds is 4. The molecule has 8 heteroatoms. The van der Waals surface area contributed by atoms with E-state index in [-0.39, 0.29) is 18.0 Å². The van der Waals surface area contributed by atoms with Crippen LogP contribution in [0.1, 0.15) is 0 Å². The first kappa shape index (κ1) is 13.1. The molecule has 1 aliphatic rings. The SMILES string of the molecule is COCC(=O)Nc1cc2c(cc1[N+](=O)[O-])OCCO2. The summed E-state index contributed by atoms with van der Waals surface area (Å²) >= 11 is 0. The number of carbonyl (C=O) groups is 1. The number of fused-ring (bicyclic) bond motifs is 1. The van der Waals surface area contributed by atoms with Crippen LogP contribution in [0.2, 0.25) is 0 Å². The Kier molecular flexibility index (Phi) is 3.81. The molecule has 1 heterocycles. The van der Waals surface area contributed by atoms with E-state index in [1.165, 1.54) is 19.2 Å². The first-order valence-corrected chi connectivity index (χ1v) is 5.48. The summed E-state index contributed by atoms with van der Waals surface area (Å²) < 4.78 is 15.2. The standard InChI is InChI=1S/C11H12N2O6/c1-17-6-11(14)12-7-4-9-10(19-3-2-18-9)5-8(7)13(15)16/h4-5H,2-3,6H2,1H3,(H,12,14). The van der Waals surface area contributed by atoms with Crippen LogP contribution in [0, 0.1) is 10.1 Å². The molecule has 0 aliphatic carbocycles. The third kappa shape index (κ3) is 2.91. The molecule has 19 heavy (non-hydrogen) atoms. The van der Waals surface area contributed by atoms with Crippen LogP contribution in [-0.4, -0.2) is 37.8 Å². The Morgan fingerprint density at radius 1 is 1.42 bits per heavy atom. The van der Waals surface area contributed by atoms with E-state index in [2.05, 4.69) is 10.1 Å². The maximum Gasteiger partial charge on any atom is 0.296 e. The second-order valence-electron chi connectivity index (χ2n) is 3.75. The van der Waals surface area contributed by atoms with E-state index in [0.29, 0.717) is 24.7 Å². The van der Waals surface area contributed by atoms with Crippen molar-refractivity contribution in [3.05, 3.63) is 22.2 Å². The minimum absolute atomic E-state index is 0.0521. The van der Waals surface area contributed by atoms with Crippen LogP contribution < -0.4 is 14.8 Å². The maximum atomic E-state index is 11.4. The summed E-state index contributed by atoms with van der Waals surface area (Å²) in [6.07, 6.45) is 0. The molecule has 0 bridgehead atoms. The van der Waals surface area contributed by atoms with Crippen molar-refractivity contribution in [2.75, 3.05) is 32.2 Å². The van der Waals surface area contributed by atoms with Crippen molar-refractivity contribution >= 4 is 17.3 Å². The monoisotopic (exact) mass is 268 g/mol. The third-order valence-corrected chi connectivity index (χ3v) is 2.41. The number of nitro benzene ring substituents is 1. The average molecular weight is 268 g/mol. The van der Waals surface area contributed by atoms with E-state index < -0.39 is 10.8 Å². The normalized spacial score (nSPS) is 12.9. The topological polar surface area (TPSA) is 99.9 Å². The van der Waals surface area contributed by atoms with Gasteiger partial charge in [0, 0.05) is 13.2 Å². The Morgan fingerprint density at radius 3 is 2.63 bits per heavy atom. The van der Waals surface area contributed by atoms with Gasteiger partial charge in [0.15, 0.2) is 11.5 Å². The molecule has 0 radical (unpaired) electrons. The Bertz CT molecular complexity index is 516. The van der Waals surface area contributed by atoms with Crippen LogP contribution in [0.3, 0.4) is 0 Å². The van der Waals surface area contributed by atoms with Crippen LogP contribution in [0.15, 0.2) is 12.1 Å². The molecule has 2 rings (SSSR count). The second-order valence-corrected chi connectivity index (χ2v) is 3.75. The summed E-state index contributed by atoms with van der Waals surface area (Å²) in [5, 5.41) is 13.4. The smallest absolute Gasteiger partial charge is 0.296 e. The number of methoxy groups -OCH3 is 1. The van der Waals surface area contributed by atoms with Crippen LogP contribution in [0.4, 0.5) is 11.4 Å². The Balaban J connectivity index is 2.34. The molecule has 1 amide bonds. The molecule has 0 aromatic heterocycles. The van der Waals surface area contributed by atoms with E-state index in [0.717, 1.165) is 0 Å². The molecule has 1 aromatic carbocycles. The van der Waals surface area contributed by atoms with Gasteiger partial charge in [0.2, 0.25) is 0 Å². The van der Waals surface area contributed by atoms with Crippen molar-refractivity contribution in [3.8, 4) is 11.5 Å². The van der Waals surface area contributed by atoms with E-state index in [9.17, 15) is 14.9 Å². The number of nitrogens with zero attached hydrogens (tertiary/aromatic N) is 1. The number of benzene rings is 1. The fourth-order valence-electron chi connectivity index (χ4n) is 1.65. The summed E-state index contributed by atoms with van der Waals surface area (Å²) in [7, 11) is 1.36. The van der Waals surface area contributed by atoms with Gasteiger partial charge in [-0.2, -0.15) is 0 Å². The lowest BCUT2D eigenvalue weighted by atomic mass is 10.2. The van der Waals surface area contributed by atoms with Gasteiger partial charge in [0.1, 0.15) is 25.5 Å². The lowest BCUT2D eigenvalue weighted by molar-refractivity contribution is -0.384. The second kappa shape index (κ2) is 5.53. The van der Waals surface area contributed by atoms with Crippen LogP contribution in [0.25, 0.3) is 0 Å². The molecule has 8 nitrogen and oxygen atoms in total. The van der Waals surface area contributed by atoms with Crippen LogP contribution in [0.5, 0.6) is 11.5 Å². The average Bonchev–Trinajstić information content (AvgIpc) is 2.38. The highest BCUT2D eigenvalue weighted by molar-refractivity contribution is 5.94. The summed E-state index contributed by atoms with van der Waals surface area (Å²) in [5.74, 6) is 0.175. The van der Waals surface area contributed by atoms with Crippen molar-refractivity contribution in [2.45, 2.75) is 0 Å². The van der Waals surface area contributed by atoms with Gasteiger partial charge >= 0.3 is 0 Å². The predicted octanol–water partition coefficient (Wildman–Crippen LogP) is 0.951. The third-order valence-electron chi connectivity index (χ3n) is 2.41. The number of nitro groups is 1. The maximum absolute atomic E-state index is 11.4. The number of carbonyl (C=O) groups excluding carboxylic acids is 1. The summed E-state index contributed by atoms with van der Waals surface area (Å²) in [5.41, 5.74) is -0.204. The van der Waals surface area contributed by atoms with Crippen LogP contribution >= 0.6 is 0 Å². The molecule has 1 aromatic rings. The summed E-state index contributed by atoms with van der Waals surface area (Å²) in [6, 6.07) is 2.61. The van der Waals surface area contributed by atoms with E-state index in [1.54, 1.807) is 0 Å². The van der Waals surface area contributed by atoms with Crippen molar-refractivity contribution < 1.29 is 23.9 Å². The zero-order valence-electron chi connectivity index (χ0n) is 10.2. The van der Waals surface area contributed by atoms with Gasteiger partial charge in [-0.3, -0.25) is 14.9 Å². The minimum atomic E-state index is -0.597. The molecule has 0 saturated heterocycles. The molecule has 0 unspecified atom stereocenters.